The van der Waals surface area contributed by atoms with Crippen LogP contribution in [0.1, 0.15) is 23.2 Å². The molecule has 1 atom stereocenters. The SMILES string of the molecule is N#Cc1ccc(Cn2cncc2CCN[C@H]2CCN(c3ccccc3)C2=O)cc1F. The van der Waals surface area contributed by atoms with Gasteiger partial charge in [0.1, 0.15) is 11.9 Å². The van der Waals surface area contributed by atoms with E-state index in [2.05, 4.69) is 10.3 Å². The molecule has 30 heavy (non-hydrogen) atoms. The molecule has 1 N–H and O–H groups in total. The molecular weight excluding hydrogens is 381 g/mol. The first-order valence-electron chi connectivity index (χ1n) is 9.93. The van der Waals surface area contributed by atoms with Crippen LogP contribution < -0.4 is 10.2 Å². The van der Waals surface area contributed by atoms with E-state index in [-0.39, 0.29) is 17.5 Å². The Morgan fingerprint density at radius 2 is 2.07 bits per heavy atom. The number of nitriles is 1. The standard InChI is InChI=1S/C23H22FN5O/c24-21-12-17(6-7-18(21)13-25)15-28-16-26-14-20(28)8-10-27-22-9-11-29(23(22)30)19-4-2-1-3-5-19/h1-7,12,14,16,22,27H,8-11,15H2/t22-/m0/s1. The quantitative estimate of drug-likeness (QED) is 0.658. The zero-order valence-electron chi connectivity index (χ0n) is 16.5. The van der Waals surface area contributed by atoms with Gasteiger partial charge in [-0.25, -0.2) is 9.37 Å². The Morgan fingerprint density at radius 3 is 2.83 bits per heavy atom. The molecule has 6 nitrogen and oxygen atoms in total. The van der Waals surface area contributed by atoms with E-state index in [1.165, 1.54) is 12.1 Å². The second kappa shape index (κ2) is 8.89. The van der Waals surface area contributed by atoms with Crippen molar-refractivity contribution in [2.24, 2.45) is 0 Å². The molecule has 0 aliphatic carbocycles. The number of imidazole rings is 1. The highest BCUT2D eigenvalue weighted by Gasteiger charge is 2.31. The van der Waals surface area contributed by atoms with Gasteiger partial charge in [-0.05, 0) is 36.2 Å². The molecule has 3 aromatic rings. The van der Waals surface area contributed by atoms with E-state index in [1.807, 2.05) is 45.9 Å². The fourth-order valence-corrected chi connectivity index (χ4v) is 3.75. The smallest absolute Gasteiger partial charge is 0.244 e. The van der Waals surface area contributed by atoms with Crippen molar-refractivity contribution in [2.45, 2.75) is 25.4 Å². The maximum Gasteiger partial charge on any atom is 0.244 e. The van der Waals surface area contributed by atoms with Crippen molar-refractivity contribution in [3.63, 3.8) is 0 Å². The molecule has 1 aliphatic rings. The Kier molecular flexibility index (Phi) is 5.87. The summed E-state index contributed by atoms with van der Waals surface area (Å²) in [6, 6.07) is 16.0. The van der Waals surface area contributed by atoms with E-state index < -0.39 is 5.82 Å². The van der Waals surface area contributed by atoms with Crippen LogP contribution in [0.3, 0.4) is 0 Å². The second-order valence-corrected chi connectivity index (χ2v) is 7.31. The van der Waals surface area contributed by atoms with Gasteiger partial charge in [0.15, 0.2) is 0 Å². The minimum absolute atomic E-state index is 0.0413. The summed E-state index contributed by atoms with van der Waals surface area (Å²) in [6.07, 6.45) is 4.98. The van der Waals surface area contributed by atoms with Crippen LogP contribution in [0.15, 0.2) is 61.1 Å². The molecule has 152 valence electrons. The van der Waals surface area contributed by atoms with Crippen LogP contribution in [0.2, 0.25) is 0 Å². The average Bonchev–Trinajstić information content (AvgIpc) is 3.35. The van der Waals surface area contributed by atoms with Crippen molar-refractivity contribution < 1.29 is 9.18 Å². The lowest BCUT2D eigenvalue weighted by Crippen LogP contribution is -2.39. The zero-order valence-corrected chi connectivity index (χ0v) is 16.5. The summed E-state index contributed by atoms with van der Waals surface area (Å²) in [5.41, 5.74) is 2.74. The van der Waals surface area contributed by atoms with Crippen LogP contribution in [0, 0.1) is 17.1 Å². The highest BCUT2D eigenvalue weighted by Crippen LogP contribution is 2.21. The number of nitrogens with one attached hydrogen (secondary N) is 1. The summed E-state index contributed by atoms with van der Waals surface area (Å²) < 4.78 is 15.8. The number of hydrogen-bond acceptors (Lipinski definition) is 4. The molecule has 0 unspecified atom stereocenters. The van der Waals surface area contributed by atoms with Gasteiger partial charge in [-0.15, -0.1) is 0 Å². The average molecular weight is 403 g/mol. The number of aromatic nitrogens is 2. The second-order valence-electron chi connectivity index (χ2n) is 7.31. The lowest BCUT2D eigenvalue weighted by molar-refractivity contribution is -0.118. The van der Waals surface area contributed by atoms with E-state index in [9.17, 15) is 9.18 Å². The third-order valence-electron chi connectivity index (χ3n) is 5.35. The van der Waals surface area contributed by atoms with Crippen LogP contribution in [0.25, 0.3) is 0 Å². The Bertz CT molecular complexity index is 1070. The van der Waals surface area contributed by atoms with Crippen LogP contribution in [0.5, 0.6) is 0 Å². The van der Waals surface area contributed by atoms with Crippen molar-refractivity contribution in [2.75, 3.05) is 18.0 Å². The maximum absolute atomic E-state index is 13.9. The first-order valence-corrected chi connectivity index (χ1v) is 9.93. The molecule has 1 amide bonds. The summed E-state index contributed by atoms with van der Waals surface area (Å²) in [5, 5.41) is 12.2. The Labute approximate surface area is 174 Å². The minimum Gasteiger partial charge on any atom is -0.330 e. The van der Waals surface area contributed by atoms with Crippen molar-refractivity contribution in [3.05, 3.63) is 83.7 Å². The lowest BCUT2D eigenvalue weighted by atomic mass is 10.1. The maximum atomic E-state index is 13.9. The number of carbonyl (C=O) groups excluding carboxylic acids is 1. The first-order chi connectivity index (χ1) is 14.7. The molecule has 2 aromatic carbocycles. The van der Waals surface area contributed by atoms with E-state index in [4.69, 9.17) is 5.26 Å². The number of amides is 1. The van der Waals surface area contributed by atoms with Crippen LogP contribution >= 0.6 is 0 Å². The third-order valence-corrected chi connectivity index (χ3v) is 5.35. The van der Waals surface area contributed by atoms with Crippen LogP contribution in [-0.4, -0.2) is 34.6 Å². The largest absolute Gasteiger partial charge is 0.330 e. The van der Waals surface area contributed by atoms with E-state index in [1.54, 1.807) is 18.6 Å². The third kappa shape index (κ3) is 4.24. The lowest BCUT2D eigenvalue weighted by Gasteiger charge is -2.17. The van der Waals surface area contributed by atoms with Crippen LogP contribution in [0.4, 0.5) is 10.1 Å². The zero-order chi connectivity index (χ0) is 20.9. The molecule has 1 aromatic heterocycles. The summed E-state index contributed by atoms with van der Waals surface area (Å²) >= 11 is 0. The van der Waals surface area contributed by atoms with Gasteiger partial charge in [-0.1, -0.05) is 24.3 Å². The van der Waals surface area contributed by atoms with Crippen molar-refractivity contribution in [1.29, 1.82) is 5.26 Å². The number of benzene rings is 2. The fourth-order valence-electron chi connectivity index (χ4n) is 3.75. The number of rotatable bonds is 7. The van der Waals surface area contributed by atoms with Crippen molar-refractivity contribution >= 4 is 11.6 Å². The predicted octanol–water partition coefficient (Wildman–Crippen LogP) is 2.88. The monoisotopic (exact) mass is 403 g/mol. The Hall–Kier alpha value is -3.50. The number of anilines is 1. The van der Waals surface area contributed by atoms with Crippen LogP contribution in [-0.2, 0) is 17.8 Å². The summed E-state index contributed by atoms with van der Waals surface area (Å²) in [7, 11) is 0. The van der Waals surface area contributed by atoms with Gasteiger partial charge < -0.3 is 14.8 Å². The van der Waals surface area contributed by atoms with Gasteiger partial charge in [0, 0.05) is 43.6 Å². The van der Waals surface area contributed by atoms with E-state index >= 15 is 0 Å². The molecule has 1 fully saturated rings. The number of hydrogen-bond donors (Lipinski definition) is 1. The molecule has 4 rings (SSSR count). The first kappa shape index (κ1) is 19.8. The summed E-state index contributed by atoms with van der Waals surface area (Å²) in [4.78, 5) is 18.7. The summed E-state index contributed by atoms with van der Waals surface area (Å²) in [5.74, 6) is -0.413. The Morgan fingerprint density at radius 1 is 1.23 bits per heavy atom. The van der Waals surface area contributed by atoms with Gasteiger partial charge in [0.25, 0.3) is 0 Å². The molecule has 2 heterocycles. The number of nitrogens with zero attached hydrogens (tertiary/aromatic N) is 4. The topological polar surface area (TPSA) is 74.0 Å². The van der Waals surface area contributed by atoms with E-state index in [0.29, 0.717) is 26.1 Å². The van der Waals surface area contributed by atoms with Gasteiger partial charge in [0.2, 0.25) is 5.91 Å². The number of halogens is 1. The molecule has 1 saturated heterocycles. The molecule has 1 aliphatic heterocycles. The molecule has 0 radical (unpaired) electrons. The predicted molar refractivity (Wildman–Crippen MR) is 111 cm³/mol. The number of para-hydroxylation sites is 1. The Balaban J connectivity index is 1.33. The molecule has 0 saturated carbocycles. The van der Waals surface area contributed by atoms with Gasteiger partial charge in [0.05, 0.1) is 17.9 Å². The van der Waals surface area contributed by atoms with Gasteiger partial charge >= 0.3 is 0 Å². The van der Waals surface area contributed by atoms with Gasteiger partial charge in [-0.3, -0.25) is 4.79 Å². The van der Waals surface area contributed by atoms with E-state index in [0.717, 1.165) is 23.4 Å². The summed E-state index contributed by atoms with van der Waals surface area (Å²) in [6.45, 7) is 1.83. The van der Waals surface area contributed by atoms with Gasteiger partial charge in [-0.2, -0.15) is 5.26 Å². The highest BCUT2D eigenvalue weighted by molar-refractivity contribution is 5.99. The molecule has 0 bridgehead atoms. The number of carbonyl (C=O) groups is 1. The normalized spacial score (nSPS) is 16.1. The fraction of sp³-hybridized carbons (Fsp3) is 0.261. The molecular formula is C23H22FN5O. The van der Waals surface area contributed by atoms with Crippen molar-refractivity contribution in [3.8, 4) is 6.07 Å². The molecule has 7 heteroatoms. The van der Waals surface area contributed by atoms with Crippen molar-refractivity contribution in [1.82, 2.24) is 14.9 Å². The molecule has 0 spiro atoms. The minimum atomic E-state index is -0.513. The highest BCUT2D eigenvalue weighted by atomic mass is 19.1.